The number of carbonyl (C=O) groups excluding carboxylic acids is 1. The molecule has 0 saturated carbocycles. The molecular weight excluding hydrogens is 371 g/mol. The molecule has 0 aliphatic carbocycles. The van der Waals surface area contributed by atoms with E-state index < -0.39 is 16.1 Å². The van der Waals surface area contributed by atoms with Gasteiger partial charge in [-0.2, -0.15) is 4.31 Å². The van der Waals surface area contributed by atoms with Crippen molar-refractivity contribution in [2.45, 2.75) is 10.9 Å². The highest BCUT2D eigenvalue weighted by Crippen LogP contribution is 2.31. The van der Waals surface area contributed by atoms with Crippen LogP contribution in [0.1, 0.15) is 11.6 Å². The van der Waals surface area contributed by atoms with Gasteiger partial charge in [0.2, 0.25) is 15.9 Å². The zero-order valence-electron chi connectivity index (χ0n) is 12.4. The normalized spacial score (nSPS) is 19.1. The van der Waals surface area contributed by atoms with E-state index in [1.807, 2.05) is 0 Å². The van der Waals surface area contributed by atoms with Crippen LogP contribution in [-0.2, 0) is 14.8 Å². The van der Waals surface area contributed by atoms with Gasteiger partial charge in [-0.3, -0.25) is 4.79 Å². The van der Waals surface area contributed by atoms with E-state index in [-0.39, 0.29) is 23.9 Å². The molecule has 3 rings (SSSR count). The second kappa shape index (κ2) is 6.72. The molecule has 1 N–H and O–H groups in total. The topological polar surface area (TPSA) is 66.5 Å². The number of rotatable bonds is 3. The van der Waals surface area contributed by atoms with Crippen molar-refractivity contribution in [3.63, 3.8) is 0 Å². The van der Waals surface area contributed by atoms with Crippen molar-refractivity contribution < 1.29 is 13.2 Å². The molecule has 0 spiro atoms. The van der Waals surface area contributed by atoms with Crippen molar-refractivity contribution in [1.82, 2.24) is 9.62 Å². The van der Waals surface area contributed by atoms with Crippen molar-refractivity contribution in [1.29, 1.82) is 0 Å². The Labute approximate surface area is 150 Å². The van der Waals surface area contributed by atoms with E-state index >= 15 is 0 Å². The molecular formula is C16H14Cl2N2O3S. The van der Waals surface area contributed by atoms with Crippen LogP contribution in [0.25, 0.3) is 0 Å². The molecule has 1 unspecified atom stereocenters. The Morgan fingerprint density at radius 1 is 1.04 bits per heavy atom. The zero-order valence-corrected chi connectivity index (χ0v) is 14.8. The summed E-state index contributed by atoms with van der Waals surface area (Å²) >= 11 is 11.8. The average Bonchev–Trinajstić information content (AvgIpc) is 2.55. The number of nitrogens with one attached hydrogen (secondary N) is 1. The fourth-order valence-corrected chi connectivity index (χ4v) is 4.64. The molecule has 1 amide bonds. The molecule has 8 heteroatoms. The number of nitrogens with zero attached hydrogens (tertiary/aromatic N) is 1. The third-order valence-corrected chi connectivity index (χ3v) is 6.10. The third-order valence-electron chi connectivity index (χ3n) is 3.76. The maximum absolute atomic E-state index is 13.0. The fraction of sp³-hybridized carbons (Fsp3) is 0.188. The monoisotopic (exact) mass is 384 g/mol. The molecule has 0 bridgehead atoms. The van der Waals surface area contributed by atoms with Gasteiger partial charge in [-0.15, -0.1) is 0 Å². The lowest BCUT2D eigenvalue weighted by Crippen LogP contribution is -2.52. The number of halogens is 2. The highest BCUT2D eigenvalue weighted by molar-refractivity contribution is 7.89. The van der Waals surface area contributed by atoms with Crippen molar-refractivity contribution >= 4 is 39.1 Å². The lowest BCUT2D eigenvalue weighted by Gasteiger charge is -2.34. The second-order valence-electron chi connectivity index (χ2n) is 5.32. The molecule has 24 heavy (non-hydrogen) atoms. The summed E-state index contributed by atoms with van der Waals surface area (Å²) in [6.45, 7) is 0.427. The Morgan fingerprint density at radius 2 is 1.75 bits per heavy atom. The van der Waals surface area contributed by atoms with Crippen LogP contribution in [-0.4, -0.2) is 31.7 Å². The van der Waals surface area contributed by atoms with E-state index in [4.69, 9.17) is 23.2 Å². The van der Waals surface area contributed by atoms with Crippen LogP contribution < -0.4 is 5.32 Å². The third kappa shape index (κ3) is 3.28. The summed E-state index contributed by atoms with van der Waals surface area (Å²) in [5.41, 5.74) is 0.558. The number of amides is 1. The zero-order chi connectivity index (χ0) is 17.3. The molecule has 0 radical (unpaired) electrons. The molecule has 1 aliphatic rings. The summed E-state index contributed by atoms with van der Waals surface area (Å²) in [7, 11) is -3.87. The van der Waals surface area contributed by atoms with E-state index in [0.29, 0.717) is 15.6 Å². The lowest BCUT2D eigenvalue weighted by atomic mass is 10.1. The first-order valence-electron chi connectivity index (χ1n) is 7.20. The summed E-state index contributed by atoms with van der Waals surface area (Å²) in [5.74, 6) is -0.367. The molecule has 1 fully saturated rings. The minimum absolute atomic E-state index is 0.0589. The van der Waals surface area contributed by atoms with Crippen LogP contribution in [0.4, 0.5) is 0 Å². The number of piperazine rings is 1. The van der Waals surface area contributed by atoms with Crippen LogP contribution in [0.5, 0.6) is 0 Å². The molecule has 1 saturated heterocycles. The van der Waals surface area contributed by atoms with Gasteiger partial charge in [-0.1, -0.05) is 41.4 Å². The molecule has 1 atom stereocenters. The van der Waals surface area contributed by atoms with Gasteiger partial charge in [0.1, 0.15) is 6.04 Å². The van der Waals surface area contributed by atoms with Crippen LogP contribution in [0, 0.1) is 0 Å². The van der Waals surface area contributed by atoms with Crippen molar-refractivity contribution in [3.05, 3.63) is 64.1 Å². The quantitative estimate of drug-likeness (QED) is 0.884. The number of sulfonamides is 1. The Balaban J connectivity index is 2.06. The van der Waals surface area contributed by atoms with E-state index in [0.717, 1.165) is 0 Å². The standard InChI is InChI=1S/C16H14Cl2N2O3S/c17-12-6-4-11(5-7-12)15-16(21)19-8-9-20(15)24(22,23)14-3-1-2-13(18)10-14/h1-7,10,15H,8-9H2,(H,19,21). The molecule has 0 aromatic heterocycles. The summed E-state index contributed by atoms with van der Waals surface area (Å²) < 4.78 is 27.2. The van der Waals surface area contributed by atoms with Crippen LogP contribution in [0.3, 0.4) is 0 Å². The maximum atomic E-state index is 13.0. The van der Waals surface area contributed by atoms with Crippen molar-refractivity contribution in [2.24, 2.45) is 0 Å². The molecule has 2 aromatic carbocycles. The SMILES string of the molecule is O=C1NCCN(S(=O)(=O)c2cccc(Cl)c2)C1c1ccc(Cl)cc1. The Kier molecular flexibility index (Phi) is 4.83. The predicted octanol–water partition coefficient (Wildman–Crippen LogP) is 2.86. The van der Waals surface area contributed by atoms with E-state index in [1.54, 1.807) is 36.4 Å². The van der Waals surface area contributed by atoms with Crippen LogP contribution in [0.2, 0.25) is 10.0 Å². The van der Waals surface area contributed by atoms with Crippen LogP contribution in [0.15, 0.2) is 53.4 Å². The highest BCUT2D eigenvalue weighted by Gasteiger charge is 2.39. The van der Waals surface area contributed by atoms with Gasteiger partial charge in [0.25, 0.3) is 0 Å². The minimum atomic E-state index is -3.87. The number of hydrogen-bond acceptors (Lipinski definition) is 3. The summed E-state index contributed by atoms with van der Waals surface area (Å²) in [5, 5.41) is 3.54. The van der Waals surface area contributed by atoms with Gasteiger partial charge in [0.15, 0.2) is 0 Å². The van der Waals surface area contributed by atoms with Gasteiger partial charge in [-0.05, 0) is 35.9 Å². The number of benzene rings is 2. The molecule has 126 valence electrons. The average molecular weight is 385 g/mol. The number of carbonyl (C=O) groups is 1. The molecule has 1 heterocycles. The first-order chi connectivity index (χ1) is 11.4. The summed E-state index contributed by atoms with van der Waals surface area (Å²) in [4.78, 5) is 12.4. The van der Waals surface area contributed by atoms with E-state index in [2.05, 4.69) is 5.32 Å². The lowest BCUT2D eigenvalue weighted by molar-refractivity contribution is -0.126. The minimum Gasteiger partial charge on any atom is -0.353 e. The van der Waals surface area contributed by atoms with Crippen molar-refractivity contribution in [3.8, 4) is 0 Å². The Bertz CT molecular complexity index is 869. The fourth-order valence-electron chi connectivity index (χ4n) is 2.63. The van der Waals surface area contributed by atoms with Gasteiger partial charge < -0.3 is 5.32 Å². The molecule has 1 aliphatic heterocycles. The van der Waals surface area contributed by atoms with Crippen molar-refractivity contribution in [2.75, 3.05) is 13.1 Å². The van der Waals surface area contributed by atoms with Crippen LogP contribution >= 0.6 is 23.2 Å². The molecule has 5 nitrogen and oxygen atoms in total. The van der Waals surface area contributed by atoms with Gasteiger partial charge in [0, 0.05) is 23.1 Å². The Morgan fingerprint density at radius 3 is 2.42 bits per heavy atom. The smallest absolute Gasteiger partial charge is 0.244 e. The summed E-state index contributed by atoms with van der Waals surface area (Å²) in [6.07, 6.45) is 0. The van der Waals surface area contributed by atoms with Gasteiger partial charge in [-0.25, -0.2) is 8.42 Å². The van der Waals surface area contributed by atoms with Gasteiger partial charge in [0.05, 0.1) is 4.90 Å². The Hall–Kier alpha value is -1.60. The maximum Gasteiger partial charge on any atom is 0.244 e. The summed E-state index contributed by atoms with van der Waals surface area (Å²) in [6, 6.07) is 11.6. The van der Waals surface area contributed by atoms with Gasteiger partial charge >= 0.3 is 0 Å². The largest absolute Gasteiger partial charge is 0.353 e. The van der Waals surface area contributed by atoms with E-state index in [9.17, 15) is 13.2 Å². The predicted molar refractivity (Wildman–Crippen MR) is 92.5 cm³/mol. The number of hydrogen-bond donors (Lipinski definition) is 1. The second-order valence-corrected chi connectivity index (χ2v) is 8.08. The first-order valence-corrected chi connectivity index (χ1v) is 9.40. The van der Waals surface area contributed by atoms with E-state index in [1.165, 1.54) is 16.4 Å². The first kappa shape index (κ1) is 17.2. The molecule has 2 aromatic rings. The highest BCUT2D eigenvalue weighted by atomic mass is 35.5.